The molecule has 0 bridgehead atoms. The third-order valence-corrected chi connectivity index (χ3v) is 8.46. The maximum atomic E-state index is 13.2. The molecule has 4 amide bonds. The second-order valence-corrected chi connectivity index (χ2v) is 13.0. The summed E-state index contributed by atoms with van der Waals surface area (Å²) in [4.78, 5) is 58.1. The second-order valence-electron chi connectivity index (χ2n) is 13.0. The number of aryl methyl sites for hydroxylation is 2. The number of anilines is 2. The Morgan fingerprint density at radius 1 is 1.02 bits per heavy atom. The normalized spacial score (nSPS) is 15.4. The van der Waals surface area contributed by atoms with Gasteiger partial charge in [-0.05, 0) is 51.3 Å². The lowest BCUT2D eigenvalue weighted by molar-refractivity contribution is -0.116. The lowest BCUT2D eigenvalue weighted by Crippen LogP contribution is -2.44. The van der Waals surface area contributed by atoms with Crippen molar-refractivity contribution in [1.82, 2.24) is 19.4 Å². The van der Waals surface area contributed by atoms with Crippen molar-refractivity contribution in [3.8, 4) is 11.5 Å². The molecule has 2 aromatic heterocycles. The smallest absolute Gasteiger partial charge is 0.272 e. The van der Waals surface area contributed by atoms with E-state index in [1.807, 2.05) is 13.8 Å². The fourth-order valence-corrected chi connectivity index (χ4v) is 5.87. The molecule has 2 aliphatic heterocycles. The number of aliphatic hydroxyl groups excluding tert-OH is 1. The van der Waals surface area contributed by atoms with E-state index in [4.69, 9.17) is 9.47 Å². The lowest BCUT2D eigenvalue weighted by atomic mass is 10.0. The summed E-state index contributed by atoms with van der Waals surface area (Å²) in [5.41, 5.74) is 2.86. The SMILES string of the molecule is C=C1CC2C=Nc3cc(OCCCC(=O)Nc4cc(C(=O)Nc5cc(C(=O)NC(C)(C)CCO)n(C)c5)n(C)c4)c(OC)cc3C(=O)N2C1. The highest BCUT2D eigenvalue weighted by molar-refractivity contribution is 6.06. The third-order valence-electron chi connectivity index (χ3n) is 8.46. The van der Waals surface area contributed by atoms with E-state index >= 15 is 0 Å². The summed E-state index contributed by atoms with van der Waals surface area (Å²) >= 11 is 0. The van der Waals surface area contributed by atoms with Gasteiger partial charge < -0.3 is 44.6 Å². The van der Waals surface area contributed by atoms with Crippen molar-refractivity contribution in [2.75, 3.05) is 37.5 Å². The van der Waals surface area contributed by atoms with Crippen LogP contribution >= 0.6 is 0 Å². The summed E-state index contributed by atoms with van der Waals surface area (Å²) in [6.45, 7) is 8.31. The summed E-state index contributed by atoms with van der Waals surface area (Å²) in [5.74, 6) is -0.306. The van der Waals surface area contributed by atoms with Crippen molar-refractivity contribution < 1.29 is 33.8 Å². The number of nitrogens with zero attached hydrogens (tertiary/aromatic N) is 4. The minimum Gasteiger partial charge on any atom is -0.493 e. The molecule has 1 saturated heterocycles. The van der Waals surface area contributed by atoms with Crippen LogP contribution in [0.5, 0.6) is 11.5 Å². The number of nitrogens with one attached hydrogen (secondary N) is 3. The zero-order valence-electron chi connectivity index (χ0n) is 28.5. The highest BCUT2D eigenvalue weighted by Crippen LogP contribution is 2.38. The number of aliphatic hydroxyl groups is 1. The Morgan fingerprint density at radius 2 is 1.69 bits per heavy atom. The van der Waals surface area contributed by atoms with Gasteiger partial charge in [0, 0.05) is 63.9 Å². The molecular formula is C35H43N7O7. The van der Waals surface area contributed by atoms with Crippen LogP contribution in [-0.2, 0) is 18.9 Å². The Kier molecular flexibility index (Phi) is 10.3. The second kappa shape index (κ2) is 14.4. The highest BCUT2D eigenvalue weighted by atomic mass is 16.5. The number of aliphatic imine (C=N–C) groups is 1. The van der Waals surface area contributed by atoms with E-state index in [1.165, 1.54) is 7.11 Å². The van der Waals surface area contributed by atoms with Crippen molar-refractivity contribution in [2.45, 2.75) is 51.1 Å². The maximum Gasteiger partial charge on any atom is 0.272 e. The highest BCUT2D eigenvalue weighted by Gasteiger charge is 2.34. The van der Waals surface area contributed by atoms with Gasteiger partial charge in [0.15, 0.2) is 11.5 Å². The van der Waals surface area contributed by atoms with E-state index in [9.17, 15) is 24.3 Å². The number of carbonyl (C=O) groups excluding carboxylic acids is 4. The van der Waals surface area contributed by atoms with Crippen LogP contribution in [0.1, 0.15) is 70.9 Å². The van der Waals surface area contributed by atoms with Crippen molar-refractivity contribution in [2.24, 2.45) is 19.1 Å². The predicted octanol–water partition coefficient (Wildman–Crippen LogP) is 3.80. The van der Waals surface area contributed by atoms with E-state index in [-0.39, 0.29) is 43.4 Å². The quantitative estimate of drug-likeness (QED) is 0.158. The average Bonchev–Trinajstić information content (AvgIpc) is 3.70. The standard InChI is InChI=1S/C35H43N7O7/c1-21-12-24-17-36-26-16-30(29(48-6)15-25(26)34(47)42(24)18-21)49-11-7-8-31(44)37-22-13-27(40(4)19-22)32(45)38-23-14-28(41(5)20-23)33(46)39-35(2,3)9-10-43/h13-17,19-20,24,43H,1,7-12,18H2,2-6H3,(H,37,44)(H,38,45)(H,39,46). The summed E-state index contributed by atoms with van der Waals surface area (Å²) < 4.78 is 14.6. The molecule has 0 aliphatic carbocycles. The molecule has 0 spiro atoms. The molecule has 1 fully saturated rings. The molecule has 1 atom stereocenters. The van der Waals surface area contributed by atoms with Crippen molar-refractivity contribution in [1.29, 1.82) is 0 Å². The molecule has 0 saturated carbocycles. The van der Waals surface area contributed by atoms with E-state index in [0.717, 1.165) is 5.57 Å². The van der Waals surface area contributed by atoms with Crippen LogP contribution in [-0.4, -0.2) is 87.4 Å². The monoisotopic (exact) mass is 673 g/mol. The van der Waals surface area contributed by atoms with Gasteiger partial charge in [-0.3, -0.25) is 24.2 Å². The molecule has 1 unspecified atom stereocenters. The van der Waals surface area contributed by atoms with Crippen LogP contribution in [0.15, 0.2) is 53.8 Å². The summed E-state index contributed by atoms with van der Waals surface area (Å²) in [5, 5.41) is 17.7. The Bertz CT molecular complexity index is 1820. The first-order valence-corrected chi connectivity index (χ1v) is 16.0. The largest absolute Gasteiger partial charge is 0.493 e. The molecule has 0 radical (unpaired) electrons. The van der Waals surface area contributed by atoms with Gasteiger partial charge in [-0.15, -0.1) is 0 Å². The average molecular weight is 674 g/mol. The van der Waals surface area contributed by atoms with Gasteiger partial charge in [-0.2, -0.15) is 0 Å². The fourth-order valence-electron chi connectivity index (χ4n) is 5.87. The van der Waals surface area contributed by atoms with E-state index in [0.29, 0.717) is 71.3 Å². The molecule has 49 heavy (non-hydrogen) atoms. The van der Waals surface area contributed by atoms with Crippen LogP contribution in [0.4, 0.5) is 17.1 Å². The third kappa shape index (κ3) is 8.03. The molecule has 4 N–H and O–H groups in total. The lowest BCUT2D eigenvalue weighted by Gasteiger charge is -2.25. The number of hydrogen-bond donors (Lipinski definition) is 4. The topological polar surface area (TPSA) is 169 Å². The van der Waals surface area contributed by atoms with Crippen molar-refractivity contribution >= 4 is 46.9 Å². The maximum absolute atomic E-state index is 13.2. The van der Waals surface area contributed by atoms with Crippen molar-refractivity contribution in [3.63, 3.8) is 0 Å². The molecule has 4 heterocycles. The zero-order chi connectivity index (χ0) is 35.5. The number of carbonyl (C=O) groups is 4. The fraction of sp³-hybridized carbons (Fsp3) is 0.400. The summed E-state index contributed by atoms with van der Waals surface area (Å²) in [6, 6.07) is 6.34. The molecule has 3 aromatic rings. The number of amides is 4. The first kappa shape index (κ1) is 35.0. The van der Waals surface area contributed by atoms with Gasteiger partial charge in [0.2, 0.25) is 5.91 Å². The van der Waals surface area contributed by atoms with E-state index < -0.39 is 11.4 Å². The number of rotatable bonds is 13. The zero-order valence-corrected chi connectivity index (χ0v) is 28.5. The molecule has 260 valence electrons. The number of methoxy groups -OCH3 is 1. The summed E-state index contributed by atoms with van der Waals surface area (Å²) in [6.07, 6.45) is 6.67. The number of aromatic nitrogens is 2. The molecule has 14 nitrogen and oxygen atoms in total. The number of hydrogen-bond acceptors (Lipinski definition) is 8. The Balaban J connectivity index is 1.13. The van der Waals surface area contributed by atoms with Crippen LogP contribution < -0.4 is 25.4 Å². The van der Waals surface area contributed by atoms with Gasteiger partial charge in [0.05, 0.1) is 42.4 Å². The minimum atomic E-state index is -0.599. The molecular weight excluding hydrogens is 630 g/mol. The van der Waals surface area contributed by atoms with Gasteiger partial charge >= 0.3 is 0 Å². The van der Waals surface area contributed by atoms with Crippen LogP contribution in [0.2, 0.25) is 0 Å². The van der Waals surface area contributed by atoms with Crippen molar-refractivity contribution in [3.05, 3.63) is 65.8 Å². The Labute approximate surface area is 284 Å². The van der Waals surface area contributed by atoms with E-state index in [1.54, 1.807) is 71.0 Å². The van der Waals surface area contributed by atoms with Gasteiger partial charge in [-0.25, -0.2) is 0 Å². The van der Waals surface area contributed by atoms with E-state index in [2.05, 4.69) is 27.5 Å². The van der Waals surface area contributed by atoms with Crippen LogP contribution in [0.3, 0.4) is 0 Å². The summed E-state index contributed by atoms with van der Waals surface area (Å²) in [7, 11) is 4.89. The van der Waals surface area contributed by atoms with Crippen LogP contribution in [0.25, 0.3) is 0 Å². The van der Waals surface area contributed by atoms with Gasteiger partial charge in [-0.1, -0.05) is 12.2 Å². The number of ether oxygens (including phenoxy) is 2. The Morgan fingerprint density at radius 3 is 2.37 bits per heavy atom. The first-order valence-electron chi connectivity index (χ1n) is 16.0. The van der Waals surface area contributed by atoms with Crippen LogP contribution in [0, 0.1) is 0 Å². The number of benzene rings is 1. The van der Waals surface area contributed by atoms with Gasteiger partial charge in [0.1, 0.15) is 11.4 Å². The predicted molar refractivity (Wildman–Crippen MR) is 185 cm³/mol. The molecule has 14 heteroatoms. The molecule has 1 aromatic carbocycles. The minimum absolute atomic E-state index is 0.0567. The first-order chi connectivity index (χ1) is 23.3. The Hall–Kier alpha value is -5.37. The molecule has 5 rings (SSSR count). The van der Waals surface area contributed by atoms with Gasteiger partial charge in [0.25, 0.3) is 17.7 Å². The molecule has 2 aliphatic rings. The number of fused-ring (bicyclic) bond motifs is 2.